The Labute approximate surface area is 116 Å². The quantitative estimate of drug-likeness (QED) is 0.784. The number of piperidine rings is 1. The highest BCUT2D eigenvalue weighted by molar-refractivity contribution is 7.86. The first kappa shape index (κ1) is 15.0. The van der Waals surface area contributed by atoms with Crippen molar-refractivity contribution in [2.45, 2.75) is 38.6 Å². The lowest BCUT2D eigenvalue weighted by Crippen LogP contribution is -2.53. The lowest BCUT2D eigenvalue weighted by Gasteiger charge is -2.38. The molecule has 2 aliphatic rings. The Morgan fingerprint density at radius 1 is 1.37 bits per heavy atom. The highest BCUT2D eigenvalue weighted by atomic mass is 32.2. The van der Waals surface area contributed by atoms with E-state index in [1.54, 1.807) is 8.61 Å². The third kappa shape index (κ3) is 3.37. The molecule has 2 aliphatic heterocycles. The van der Waals surface area contributed by atoms with E-state index < -0.39 is 10.2 Å². The van der Waals surface area contributed by atoms with Gasteiger partial charge in [-0.25, -0.2) is 0 Å². The van der Waals surface area contributed by atoms with Gasteiger partial charge in [0.05, 0.1) is 0 Å². The molecule has 6 heteroatoms. The van der Waals surface area contributed by atoms with Crippen LogP contribution in [0.2, 0.25) is 0 Å². The van der Waals surface area contributed by atoms with E-state index in [-0.39, 0.29) is 6.04 Å². The minimum Gasteiger partial charge on any atom is -0.318 e. The molecule has 0 amide bonds. The van der Waals surface area contributed by atoms with Crippen molar-refractivity contribution in [3.05, 3.63) is 11.6 Å². The topological polar surface area (TPSA) is 52.7 Å². The van der Waals surface area contributed by atoms with Crippen LogP contribution in [0.5, 0.6) is 0 Å². The molecular weight excluding hydrogens is 262 g/mol. The summed E-state index contributed by atoms with van der Waals surface area (Å²) in [6, 6.07) is 0.107. The van der Waals surface area contributed by atoms with Crippen molar-refractivity contribution in [2.24, 2.45) is 0 Å². The highest BCUT2D eigenvalue weighted by Crippen LogP contribution is 2.24. The zero-order chi connectivity index (χ0) is 13.9. The molecule has 0 saturated carbocycles. The molecule has 2 heterocycles. The van der Waals surface area contributed by atoms with E-state index in [0.717, 1.165) is 32.2 Å². The van der Waals surface area contributed by atoms with Gasteiger partial charge in [0.25, 0.3) is 10.2 Å². The first-order chi connectivity index (χ1) is 9.05. The van der Waals surface area contributed by atoms with Gasteiger partial charge in [-0.2, -0.15) is 17.0 Å². The van der Waals surface area contributed by atoms with Crippen molar-refractivity contribution < 1.29 is 8.42 Å². The van der Waals surface area contributed by atoms with Gasteiger partial charge in [0.1, 0.15) is 0 Å². The third-order valence-electron chi connectivity index (χ3n) is 4.03. The van der Waals surface area contributed by atoms with Crippen molar-refractivity contribution >= 4 is 10.2 Å². The van der Waals surface area contributed by atoms with Gasteiger partial charge in [0, 0.05) is 32.2 Å². The largest absolute Gasteiger partial charge is 0.318 e. The number of hydrogen-bond acceptors (Lipinski definition) is 3. The summed E-state index contributed by atoms with van der Waals surface area (Å²) in [5.74, 6) is 0. The Balaban J connectivity index is 2.13. The van der Waals surface area contributed by atoms with Gasteiger partial charge < -0.3 is 5.32 Å². The van der Waals surface area contributed by atoms with Crippen molar-refractivity contribution in [3.63, 3.8) is 0 Å². The van der Waals surface area contributed by atoms with Gasteiger partial charge in [-0.3, -0.25) is 0 Å². The van der Waals surface area contributed by atoms with E-state index in [2.05, 4.69) is 12.2 Å². The fourth-order valence-electron chi connectivity index (χ4n) is 2.83. The number of rotatable bonds is 4. The Hall–Kier alpha value is -0.430. The molecular formula is C13H25N3O2S. The number of nitrogens with one attached hydrogen (secondary N) is 1. The molecule has 19 heavy (non-hydrogen) atoms. The normalized spacial score (nSPS) is 27.3. The van der Waals surface area contributed by atoms with Crippen LogP contribution in [0.3, 0.4) is 0 Å². The molecule has 1 atom stereocenters. The molecule has 0 aromatic heterocycles. The van der Waals surface area contributed by atoms with Gasteiger partial charge >= 0.3 is 0 Å². The van der Waals surface area contributed by atoms with Crippen LogP contribution in [0.15, 0.2) is 11.6 Å². The second-order valence-electron chi connectivity index (χ2n) is 5.48. The fourth-order valence-corrected chi connectivity index (χ4v) is 4.63. The maximum Gasteiger partial charge on any atom is 0.282 e. The zero-order valence-electron chi connectivity index (χ0n) is 11.9. The third-order valence-corrected chi connectivity index (χ3v) is 6.09. The van der Waals surface area contributed by atoms with Crippen LogP contribution < -0.4 is 5.32 Å². The molecule has 110 valence electrons. The Bertz CT molecular complexity index is 431. The maximum absolute atomic E-state index is 12.7. The lowest BCUT2D eigenvalue weighted by molar-refractivity contribution is 0.230. The first-order valence-electron chi connectivity index (χ1n) is 7.13. The average Bonchev–Trinajstić information content (AvgIpc) is 2.40. The van der Waals surface area contributed by atoms with E-state index in [1.165, 1.54) is 5.57 Å². The summed E-state index contributed by atoms with van der Waals surface area (Å²) in [4.78, 5) is 0. The number of likely N-dealkylation sites (N-methyl/N-ethyl adjacent to an activating group) is 1. The lowest BCUT2D eigenvalue weighted by atomic mass is 10.1. The highest BCUT2D eigenvalue weighted by Gasteiger charge is 2.36. The fraction of sp³-hybridized carbons (Fsp3) is 0.846. The van der Waals surface area contributed by atoms with E-state index >= 15 is 0 Å². The van der Waals surface area contributed by atoms with Crippen molar-refractivity contribution in [1.29, 1.82) is 0 Å². The van der Waals surface area contributed by atoms with Crippen molar-refractivity contribution in [2.75, 3.05) is 33.2 Å². The van der Waals surface area contributed by atoms with Gasteiger partial charge in [0.2, 0.25) is 0 Å². The van der Waals surface area contributed by atoms with Crippen LogP contribution >= 0.6 is 0 Å². The van der Waals surface area contributed by atoms with Crippen molar-refractivity contribution in [1.82, 2.24) is 13.9 Å². The van der Waals surface area contributed by atoms with E-state index in [1.807, 2.05) is 13.1 Å². The average molecular weight is 287 g/mol. The van der Waals surface area contributed by atoms with Crippen LogP contribution in [0.25, 0.3) is 0 Å². The predicted molar refractivity (Wildman–Crippen MR) is 77.1 cm³/mol. The van der Waals surface area contributed by atoms with E-state index in [0.29, 0.717) is 19.6 Å². The molecule has 0 spiro atoms. The monoisotopic (exact) mass is 287 g/mol. The summed E-state index contributed by atoms with van der Waals surface area (Å²) in [5, 5.41) is 3.11. The summed E-state index contributed by atoms with van der Waals surface area (Å²) in [7, 11) is -1.42. The number of hydrogen-bond donors (Lipinski definition) is 1. The smallest absolute Gasteiger partial charge is 0.282 e. The molecule has 1 unspecified atom stereocenters. The molecule has 5 nitrogen and oxygen atoms in total. The van der Waals surface area contributed by atoms with Crippen LogP contribution in [0, 0.1) is 0 Å². The Morgan fingerprint density at radius 3 is 2.79 bits per heavy atom. The second kappa shape index (κ2) is 6.35. The minimum atomic E-state index is -3.30. The van der Waals surface area contributed by atoms with Gasteiger partial charge in [-0.15, -0.1) is 0 Å². The van der Waals surface area contributed by atoms with E-state index in [4.69, 9.17) is 0 Å². The SMILES string of the molecule is CNCC1CCCCN1S(=O)(=O)N1CC=C(C)CC1. The molecule has 0 aromatic rings. The summed E-state index contributed by atoms with van der Waals surface area (Å²) < 4.78 is 28.8. The van der Waals surface area contributed by atoms with Gasteiger partial charge in [0.15, 0.2) is 0 Å². The van der Waals surface area contributed by atoms with Crippen molar-refractivity contribution in [3.8, 4) is 0 Å². The number of nitrogens with zero attached hydrogens (tertiary/aromatic N) is 2. The van der Waals surface area contributed by atoms with Crippen LogP contribution in [0.4, 0.5) is 0 Å². The molecule has 0 aliphatic carbocycles. The van der Waals surface area contributed by atoms with Crippen LogP contribution in [0.1, 0.15) is 32.6 Å². The minimum absolute atomic E-state index is 0.107. The standard InChI is InChI=1S/C13H25N3O2S/c1-12-6-9-15(10-7-12)19(17,18)16-8-4-3-5-13(16)11-14-2/h6,13-14H,3-5,7-11H2,1-2H3. The van der Waals surface area contributed by atoms with Gasteiger partial charge in [-0.1, -0.05) is 18.1 Å². The summed E-state index contributed by atoms with van der Waals surface area (Å²) in [6.45, 7) is 4.61. The summed E-state index contributed by atoms with van der Waals surface area (Å²) in [5.41, 5.74) is 1.29. The molecule has 1 saturated heterocycles. The summed E-state index contributed by atoms with van der Waals surface area (Å²) >= 11 is 0. The van der Waals surface area contributed by atoms with Crippen LogP contribution in [-0.4, -0.2) is 56.3 Å². The van der Waals surface area contributed by atoms with Crippen LogP contribution in [-0.2, 0) is 10.2 Å². The first-order valence-corrected chi connectivity index (χ1v) is 8.52. The second-order valence-corrected chi connectivity index (χ2v) is 7.37. The molecule has 2 rings (SSSR count). The summed E-state index contributed by atoms with van der Waals surface area (Å²) in [6.07, 6.45) is 5.93. The predicted octanol–water partition coefficient (Wildman–Crippen LogP) is 0.957. The molecule has 1 N–H and O–H groups in total. The molecule has 0 radical (unpaired) electrons. The molecule has 0 aromatic carbocycles. The zero-order valence-corrected chi connectivity index (χ0v) is 12.7. The molecule has 0 bridgehead atoms. The maximum atomic E-state index is 12.7. The molecule has 1 fully saturated rings. The van der Waals surface area contributed by atoms with Gasteiger partial charge in [-0.05, 0) is 33.2 Å². The Kier molecular flexibility index (Phi) is 5.00. The Morgan fingerprint density at radius 2 is 2.16 bits per heavy atom. The van der Waals surface area contributed by atoms with E-state index in [9.17, 15) is 8.42 Å².